The summed E-state index contributed by atoms with van der Waals surface area (Å²) in [5, 5.41) is 13.7. The van der Waals surface area contributed by atoms with E-state index in [0.717, 1.165) is 10.7 Å². The highest BCUT2D eigenvalue weighted by Crippen LogP contribution is 2.30. The van der Waals surface area contributed by atoms with Crippen LogP contribution in [0.4, 0.5) is 0 Å². The summed E-state index contributed by atoms with van der Waals surface area (Å²) >= 11 is 4.76. The summed E-state index contributed by atoms with van der Waals surface area (Å²) in [5.74, 6) is 1.77. The molecule has 1 fully saturated rings. The first-order valence-electron chi connectivity index (χ1n) is 7.71. The normalized spacial score (nSPS) is 19.4. The number of hydrogen-bond donors (Lipinski definition) is 0. The Hall–Kier alpha value is -1.23. The zero-order valence-electron chi connectivity index (χ0n) is 13.1. The van der Waals surface area contributed by atoms with Crippen molar-refractivity contribution in [3.8, 4) is 9.88 Å². The number of rotatable bonds is 6. The van der Waals surface area contributed by atoms with Crippen LogP contribution in [0.2, 0.25) is 0 Å². The second-order valence-corrected chi connectivity index (χ2v) is 10.8. The first-order valence-corrected chi connectivity index (χ1v) is 12.3. The first-order chi connectivity index (χ1) is 12.1. The minimum Gasteiger partial charge on any atom is -0.416 e. The number of thiophene rings is 1. The molecule has 132 valence electrons. The number of hydrogen-bond acceptors (Lipinski definition) is 9. The summed E-state index contributed by atoms with van der Waals surface area (Å²) in [5.41, 5.74) is 0.986. The van der Waals surface area contributed by atoms with Gasteiger partial charge in [0.1, 0.15) is 5.01 Å². The lowest BCUT2D eigenvalue weighted by atomic mass is 10.1. The predicted octanol–water partition coefficient (Wildman–Crippen LogP) is 3.52. The van der Waals surface area contributed by atoms with E-state index in [4.69, 9.17) is 4.42 Å². The molecule has 3 aromatic rings. The van der Waals surface area contributed by atoms with Crippen molar-refractivity contribution in [1.29, 1.82) is 0 Å². The molecule has 0 aliphatic carbocycles. The maximum atomic E-state index is 11.5. The largest absolute Gasteiger partial charge is 0.416 e. The van der Waals surface area contributed by atoms with Gasteiger partial charge in [0.15, 0.2) is 9.84 Å². The van der Waals surface area contributed by atoms with Crippen LogP contribution in [0.15, 0.2) is 32.5 Å². The Balaban J connectivity index is 1.33. The highest BCUT2D eigenvalue weighted by Gasteiger charge is 2.29. The molecule has 0 aromatic carbocycles. The number of sulfone groups is 1. The molecule has 1 saturated heterocycles. The fourth-order valence-electron chi connectivity index (χ4n) is 2.68. The highest BCUT2D eigenvalue weighted by atomic mass is 32.2. The third-order valence-corrected chi connectivity index (χ3v) is 8.48. The van der Waals surface area contributed by atoms with Gasteiger partial charge in [0.25, 0.3) is 5.22 Å². The Morgan fingerprint density at radius 1 is 1.32 bits per heavy atom. The molecule has 0 saturated carbocycles. The van der Waals surface area contributed by atoms with E-state index in [1.807, 2.05) is 16.8 Å². The third-order valence-electron chi connectivity index (χ3n) is 3.87. The number of nitrogens with zero attached hydrogens (tertiary/aromatic N) is 3. The topological polar surface area (TPSA) is 86.0 Å². The smallest absolute Gasteiger partial charge is 0.276 e. The first kappa shape index (κ1) is 17.2. The zero-order chi connectivity index (χ0) is 17.3. The van der Waals surface area contributed by atoms with Gasteiger partial charge in [-0.05, 0) is 23.8 Å². The van der Waals surface area contributed by atoms with Gasteiger partial charge in [-0.25, -0.2) is 13.4 Å². The average Bonchev–Trinajstić information content (AvgIpc) is 3.32. The van der Waals surface area contributed by atoms with Gasteiger partial charge in [-0.2, -0.15) is 0 Å². The summed E-state index contributed by atoms with van der Waals surface area (Å²) in [7, 11) is -2.87. The van der Waals surface area contributed by atoms with Crippen molar-refractivity contribution in [2.24, 2.45) is 5.92 Å². The molecule has 1 unspecified atom stereocenters. The molecule has 1 atom stereocenters. The predicted molar refractivity (Wildman–Crippen MR) is 99.8 cm³/mol. The van der Waals surface area contributed by atoms with E-state index in [0.29, 0.717) is 29.7 Å². The third kappa shape index (κ3) is 4.30. The van der Waals surface area contributed by atoms with E-state index in [1.54, 1.807) is 22.7 Å². The van der Waals surface area contributed by atoms with Gasteiger partial charge in [-0.3, -0.25) is 0 Å². The molecule has 4 rings (SSSR count). The standard InChI is InChI=1S/C15H15N3O3S4/c19-25(20)5-3-10(9-25)6-13-17-18-15(21-13)24-8-11-7-23-14(16-11)12-2-1-4-22-12/h1-2,4,7,10H,3,5-6,8-9H2. The van der Waals surface area contributed by atoms with Crippen molar-refractivity contribution in [2.75, 3.05) is 11.5 Å². The maximum Gasteiger partial charge on any atom is 0.276 e. The molecule has 1 aliphatic heterocycles. The quantitative estimate of drug-likeness (QED) is 0.571. The average molecular weight is 414 g/mol. The van der Waals surface area contributed by atoms with Gasteiger partial charge in [-0.1, -0.05) is 17.8 Å². The fourth-order valence-corrected chi connectivity index (χ4v) is 6.96. The molecule has 3 aromatic heterocycles. The van der Waals surface area contributed by atoms with E-state index in [9.17, 15) is 8.42 Å². The molecule has 0 radical (unpaired) electrons. The molecule has 0 bridgehead atoms. The van der Waals surface area contributed by atoms with Crippen LogP contribution in [-0.2, 0) is 22.0 Å². The minimum atomic E-state index is -2.87. The second kappa shape index (κ2) is 7.18. The van der Waals surface area contributed by atoms with Gasteiger partial charge < -0.3 is 4.42 Å². The van der Waals surface area contributed by atoms with E-state index in [1.165, 1.54) is 16.6 Å². The summed E-state index contributed by atoms with van der Waals surface area (Å²) < 4.78 is 28.7. The highest BCUT2D eigenvalue weighted by molar-refractivity contribution is 7.98. The van der Waals surface area contributed by atoms with Crippen molar-refractivity contribution in [1.82, 2.24) is 15.2 Å². The van der Waals surface area contributed by atoms with E-state index in [2.05, 4.69) is 21.2 Å². The lowest BCUT2D eigenvalue weighted by molar-refractivity contribution is 0.389. The van der Waals surface area contributed by atoms with Crippen molar-refractivity contribution >= 4 is 44.3 Å². The van der Waals surface area contributed by atoms with Gasteiger partial charge >= 0.3 is 0 Å². The summed E-state index contributed by atoms with van der Waals surface area (Å²) in [6, 6.07) is 4.08. The molecule has 0 spiro atoms. The number of aromatic nitrogens is 3. The van der Waals surface area contributed by atoms with Crippen LogP contribution >= 0.6 is 34.4 Å². The van der Waals surface area contributed by atoms with E-state index in [-0.39, 0.29) is 17.4 Å². The Morgan fingerprint density at radius 2 is 2.24 bits per heavy atom. The molecule has 25 heavy (non-hydrogen) atoms. The maximum absolute atomic E-state index is 11.5. The molecule has 0 N–H and O–H groups in total. The molecule has 6 nitrogen and oxygen atoms in total. The van der Waals surface area contributed by atoms with Crippen LogP contribution in [-0.4, -0.2) is 35.1 Å². The number of thiazole rings is 1. The SMILES string of the molecule is O=S1(=O)CCC(Cc2nnc(SCc3csc(-c4cccs4)n3)o2)C1. The van der Waals surface area contributed by atoms with Gasteiger partial charge in [-0.15, -0.1) is 32.9 Å². The van der Waals surface area contributed by atoms with Crippen molar-refractivity contribution in [2.45, 2.75) is 23.8 Å². The Bertz CT molecular complexity index is 947. The second-order valence-electron chi connectivity index (χ2n) is 5.84. The Kier molecular flexibility index (Phi) is 4.94. The van der Waals surface area contributed by atoms with Gasteiger partial charge in [0, 0.05) is 17.6 Å². The zero-order valence-corrected chi connectivity index (χ0v) is 16.4. The summed E-state index contributed by atoms with van der Waals surface area (Å²) in [6.45, 7) is 0. The van der Waals surface area contributed by atoms with Crippen LogP contribution in [0.3, 0.4) is 0 Å². The summed E-state index contributed by atoms with van der Waals surface area (Å²) in [6.07, 6.45) is 1.21. The molecule has 4 heterocycles. The minimum absolute atomic E-state index is 0.0928. The van der Waals surface area contributed by atoms with E-state index >= 15 is 0 Å². The molecular weight excluding hydrogens is 398 g/mol. The molecule has 1 aliphatic rings. The van der Waals surface area contributed by atoms with Crippen molar-refractivity contribution in [3.05, 3.63) is 34.5 Å². The van der Waals surface area contributed by atoms with Gasteiger partial charge in [0.2, 0.25) is 5.89 Å². The van der Waals surface area contributed by atoms with Crippen LogP contribution in [0.5, 0.6) is 0 Å². The lowest BCUT2D eigenvalue weighted by Gasteiger charge is -2.01. The van der Waals surface area contributed by atoms with Crippen molar-refractivity contribution in [3.63, 3.8) is 0 Å². The summed E-state index contributed by atoms with van der Waals surface area (Å²) in [4.78, 5) is 5.80. The van der Waals surface area contributed by atoms with Crippen molar-refractivity contribution < 1.29 is 12.8 Å². The van der Waals surface area contributed by atoms with Crippen LogP contribution < -0.4 is 0 Å². The molecule has 0 amide bonds. The Morgan fingerprint density at radius 3 is 3.00 bits per heavy atom. The van der Waals surface area contributed by atoms with Crippen LogP contribution in [0.25, 0.3) is 9.88 Å². The van der Waals surface area contributed by atoms with Gasteiger partial charge in [0.05, 0.1) is 22.1 Å². The number of thioether (sulfide) groups is 1. The van der Waals surface area contributed by atoms with Crippen LogP contribution in [0.1, 0.15) is 18.0 Å². The fraction of sp³-hybridized carbons (Fsp3) is 0.400. The molecule has 10 heteroatoms. The lowest BCUT2D eigenvalue weighted by Crippen LogP contribution is -2.07. The van der Waals surface area contributed by atoms with E-state index < -0.39 is 9.84 Å². The molecular formula is C15H15N3O3S4. The monoisotopic (exact) mass is 413 g/mol. The Labute approximate surface area is 157 Å². The van der Waals surface area contributed by atoms with Crippen LogP contribution in [0, 0.1) is 5.92 Å².